The first kappa shape index (κ1) is 6.28. The Balaban J connectivity index is 2.27. The third kappa shape index (κ3) is 0.944. The standard InChI is InChI=1S/C7H10N2S/c1-9-3-2-6-7(4-9)10-5-8-6/h4H,2-3,5H2,1H3. The van der Waals surface area contributed by atoms with Crippen LogP contribution in [0, 0.1) is 0 Å². The summed E-state index contributed by atoms with van der Waals surface area (Å²) in [7, 11) is 2.11. The molecule has 0 N–H and O–H groups in total. The maximum Gasteiger partial charge on any atom is 0.0895 e. The van der Waals surface area contributed by atoms with Crippen molar-refractivity contribution in [1.82, 2.24) is 4.90 Å². The highest BCUT2D eigenvalue weighted by Crippen LogP contribution is 2.28. The lowest BCUT2D eigenvalue weighted by Crippen LogP contribution is -2.21. The predicted molar refractivity (Wildman–Crippen MR) is 45.2 cm³/mol. The largest absolute Gasteiger partial charge is 0.379 e. The first-order valence-electron chi connectivity index (χ1n) is 3.45. The molecule has 10 heavy (non-hydrogen) atoms. The summed E-state index contributed by atoms with van der Waals surface area (Å²) in [6.45, 7) is 1.13. The quantitative estimate of drug-likeness (QED) is 0.523. The molecule has 2 aliphatic heterocycles. The zero-order valence-electron chi connectivity index (χ0n) is 6.00. The average molecular weight is 154 g/mol. The van der Waals surface area contributed by atoms with Gasteiger partial charge in [-0.3, -0.25) is 4.99 Å². The summed E-state index contributed by atoms with van der Waals surface area (Å²) in [6.07, 6.45) is 3.33. The molecule has 0 unspecified atom stereocenters. The molecule has 0 radical (unpaired) electrons. The lowest BCUT2D eigenvalue weighted by molar-refractivity contribution is 0.462. The number of allylic oxidation sites excluding steroid dienone is 1. The maximum atomic E-state index is 4.38. The maximum absolute atomic E-state index is 4.38. The first-order chi connectivity index (χ1) is 4.86. The van der Waals surface area contributed by atoms with Crippen LogP contribution in [-0.4, -0.2) is 30.1 Å². The van der Waals surface area contributed by atoms with Crippen molar-refractivity contribution < 1.29 is 0 Å². The van der Waals surface area contributed by atoms with Crippen LogP contribution in [0.2, 0.25) is 0 Å². The van der Waals surface area contributed by atoms with Crippen molar-refractivity contribution in [3.8, 4) is 0 Å². The summed E-state index contributed by atoms with van der Waals surface area (Å²) in [4.78, 5) is 7.99. The molecule has 2 aliphatic rings. The highest BCUT2D eigenvalue weighted by Gasteiger charge is 2.18. The van der Waals surface area contributed by atoms with Gasteiger partial charge in [0.05, 0.1) is 11.6 Å². The Hall–Kier alpha value is -0.440. The fourth-order valence-electron chi connectivity index (χ4n) is 1.20. The van der Waals surface area contributed by atoms with E-state index >= 15 is 0 Å². The van der Waals surface area contributed by atoms with E-state index in [1.54, 1.807) is 0 Å². The van der Waals surface area contributed by atoms with Gasteiger partial charge >= 0.3 is 0 Å². The fraction of sp³-hybridized carbons (Fsp3) is 0.571. The fourth-order valence-corrected chi connectivity index (χ4v) is 2.15. The summed E-state index contributed by atoms with van der Waals surface area (Å²) < 4.78 is 0. The van der Waals surface area contributed by atoms with Gasteiger partial charge in [-0.15, -0.1) is 0 Å². The summed E-state index contributed by atoms with van der Waals surface area (Å²) in [5.41, 5.74) is 1.32. The summed E-state index contributed by atoms with van der Waals surface area (Å²) in [6, 6.07) is 0. The molecule has 0 saturated carbocycles. The molecular weight excluding hydrogens is 144 g/mol. The molecule has 2 heterocycles. The Labute approximate surface area is 65.0 Å². The lowest BCUT2D eigenvalue weighted by Gasteiger charge is -2.20. The second-order valence-electron chi connectivity index (χ2n) is 2.60. The third-order valence-corrected chi connectivity index (χ3v) is 2.71. The van der Waals surface area contributed by atoms with Crippen LogP contribution in [0.3, 0.4) is 0 Å². The highest BCUT2D eigenvalue weighted by atomic mass is 32.2. The van der Waals surface area contributed by atoms with E-state index in [0.29, 0.717) is 0 Å². The molecule has 0 amide bonds. The number of hydrogen-bond acceptors (Lipinski definition) is 3. The minimum Gasteiger partial charge on any atom is -0.379 e. The summed E-state index contributed by atoms with van der Waals surface area (Å²) >= 11 is 1.85. The highest BCUT2D eigenvalue weighted by molar-refractivity contribution is 8.04. The normalized spacial score (nSPS) is 23.9. The molecule has 0 aromatic carbocycles. The van der Waals surface area contributed by atoms with E-state index in [2.05, 4.69) is 23.1 Å². The topological polar surface area (TPSA) is 15.6 Å². The van der Waals surface area contributed by atoms with Gasteiger partial charge < -0.3 is 4.90 Å². The number of nitrogens with zero attached hydrogens (tertiary/aromatic N) is 2. The zero-order chi connectivity index (χ0) is 6.97. The van der Waals surface area contributed by atoms with Crippen molar-refractivity contribution in [2.75, 3.05) is 19.5 Å². The second-order valence-corrected chi connectivity index (χ2v) is 3.59. The molecule has 0 fully saturated rings. The van der Waals surface area contributed by atoms with Crippen molar-refractivity contribution in [2.24, 2.45) is 4.99 Å². The Bertz CT molecular complexity index is 208. The van der Waals surface area contributed by atoms with Crippen molar-refractivity contribution in [2.45, 2.75) is 6.42 Å². The number of rotatable bonds is 0. The van der Waals surface area contributed by atoms with Gasteiger partial charge in [-0.1, -0.05) is 11.8 Å². The molecule has 0 bridgehead atoms. The zero-order valence-corrected chi connectivity index (χ0v) is 6.82. The Morgan fingerprint density at radius 1 is 1.70 bits per heavy atom. The van der Waals surface area contributed by atoms with Gasteiger partial charge in [0.2, 0.25) is 0 Å². The van der Waals surface area contributed by atoms with Gasteiger partial charge in [0, 0.05) is 31.1 Å². The molecule has 3 heteroatoms. The molecule has 2 nitrogen and oxygen atoms in total. The predicted octanol–water partition coefficient (Wildman–Crippen LogP) is 1.31. The number of thioether (sulfide) groups is 1. The van der Waals surface area contributed by atoms with E-state index in [0.717, 1.165) is 18.8 Å². The van der Waals surface area contributed by atoms with E-state index in [1.165, 1.54) is 10.6 Å². The lowest BCUT2D eigenvalue weighted by atomic mass is 10.2. The Morgan fingerprint density at radius 2 is 2.60 bits per heavy atom. The monoisotopic (exact) mass is 154 g/mol. The van der Waals surface area contributed by atoms with Gasteiger partial charge in [-0.2, -0.15) is 0 Å². The minimum atomic E-state index is 0.939. The molecule has 0 aromatic heterocycles. The van der Waals surface area contributed by atoms with Crippen LogP contribution in [0.1, 0.15) is 6.42 Å². The SMILES string of the molecule is CN1C=C2SCN=C2CC1. The third-order valence-electron chi connectivity index (χ3n) is 1.80. The van der Waals surface area contributed by atoms with Crippen molar-refractivity contribution in [3.05, 3.63) is 11.1 Å². The van der Waals surface area contributed by atoms with Crippen LogP contribution in [0.5, 0.6) is 0 Å². The Kier molecular flexibility index (Phi) is 1.45. The van der Waals surface area contributed by atoms with E-state index in [1.807, 2.05) is 11.8 Å². The Morgan fingerprint density at radius 3 is 3.50 bits per heavy atom. The molecule has 2 rings (SSSR count). The number of hydrogen-bond donors (Lipinski definition) is 0. The van der Waals surface area contributed by atoms with Crippen LogP contribution >= 0.6 is 11.8 Å². The van der Waals surface area contributed by atoms with Crippen LogP contribution in [-0.2, 0) is 0 Å². The van der Waals surface area contributed by atoms with Gasteiger partial charge in [0.1, 0.15) is 0 Å². The smallest absolute Gasteiger partial charge is 0.0895 e. The van der Waals surface area contributed by atoms with Gasteiger partial charge in [-0.05, 0) is 0 Å². The van der Waals surface area contributed by atoms with Crippen molar-refractivity contribution in [1.29, 1.82) is 0 Å². The second kappa shape index (κ2) is 2.31. The molecule has 0 spiro atoms. The van der Waals surface area contributed by atoms with Gasteiger partial charge in [0.25, 0.3) is 0 Å². The summed E-state index contributed by atoms with van der Waals surface area (Å²) in [5, 5.41) is 0. The van der Waals surface area contributed by atoms with Crippen LogP contribution < -0.4 is 0 Å². The average Bonchev–Trinajstić information content (AvgIpc) is 2.33. The minimum absolute atomic E-state index is 0.939. The van der Waals surface area contributed by atoms with E-state index in [4.69, 9.17) is 0 Å². The van der Waals surface area contributed by atoms with Crippen molar-refractivity contribution in [3.63, 3.8) is 0 Å². The molecule has 0 aromatic rings. The van der Waals surface area contributed by atoms with Gasteiger partial charge in [-0.25, -0.2) is 0 Å². The van der Waals surface area contributed by atoms with Crippen LogP contribution in [0.15, 0.2) is 16.1 Å². The summed E-state index contributed by atoms with van der Waals surface area (Å²) in [5.74, 6) is 0.939. The van der Waals surface area contributed by atoms with E-state index < -0.39 is 0 Å². The molecular formula is C7H10N2S. The van der Waals surface area contributed by atoms with Crippen LogP contribution in [0.25, 0.3) is 0 Å². The van der Waals surface area contributed by atoms with Crippen LogP contribution in [0.4, 0.5) is 0 Å². The molecule has 54 valence electrons. The molecule has 0 atom stereocenters. The number of aliphatic imine (C=N–C) groups is 1. The van der Waals surface area contributed by atoms with E-state index in [-0.39, 0.29) is 0 Å². The first-order valence-corrected chi connectivity index (χ1v) is 4.43. The van der Waals surface area contributed by atoms with Crippen molar-refractivity contribution >= 4 is 17.5 Å². The molecule has 0 saturated heterocycles. The van der Waals surface area contributed by atoms with E-state index in [9.17, 15) is 0 Å². The number of fused-ring (bicyclic) bond motifs is 1. The molecule has 0 aliphatic carbocycles. The van der Waals surface area contributed by atoms with Gasteiger partial charge in [0.15, 0.2) is 0 Å².